The van der Waals surface area contributed by atoms with E-state index >= 15 is 0 Å². The van der Waals surface area contributed by atoms with Crippen molar-refractivity contribution in [1.82, 2.24) is 9.97 Å². The van der Waals surface area contributed by atoms with E-state index in [2.05, 4.69) is 15.3 Å². The Bertz CT molecular complexity index is 1160. The van der Waals surface area contributed by atoms with E-state index in [1.165, 1.54) is 12.1 Å². The molecule has 29 heavy (non-hydrogen) atoms. The summed E-state index contributed by atoms with van der Waals surface area (Å²) in [4.78, 5) is 19.7. The van der Waals surface area contributed by atoms with Crippen LogP contribution in [-0.2, 0) is 0 Å². The molecule has 0 aliphatic heterocycles. The monoisotopic (exact) mass is 387 g/mol. The Morgan fingerprint density at radius 1 is 1.03 bits per heavy atom. The molecule has 0 saturated heterocycles. The number of nitrogens with one attached hydrogen (secondary N) is 1. The highest BCUT2D eigenvalue weighted by atomic mass is 19.1. The van der Waals surface area contributed by atoms with Crippen molar-refractivity contribution in [2.24, 2.45) is 0 Å². The lowest BCUT2D eigenvalue weighted by Crippen LogP contribution is -2.09. The fraction of sp³-hybridized carbons (Fsp3) is 0.0870. The summed E-state index contributed by atoms with van der Waals surface area (Å²) in [6, 6.07) is 16.9. The highest BCUT2D eigenvalue weighted by Crippen LogP contribution is 2.33. The van der Waals surface area contributed by atoms with Crippen LogP contribution in [0.5, 0.6) is 11.6 Å². The van der Waals surface area contributed by atoms with Crippen LogP contribution in [0.25, 0.3) is 10.8 Å². The van der Waals surface area contributed by atoms with E-state index in [4.69, 9.17) is 4.74 Å². The Morgan fingerprint density at radius 2 is 1.79 bits per heavy atom. The Morgan fingerprint density at radius 3 is 2.52 bits per heavy atom. The molecule has 0 spiro atoms. The summed E-state index contributed by atoms with van der Waals surface area (Å²) >= 11 is 0. The molecule has 0 saturated carbocycles. The van der Waals surface area contributed by atoms with E-state index in [0.29, 0.717) is 28.4 Å². The largest absolute Gasteiger partial charge is 0.438 e. The molecule has 0 fully saturated rings. The first-order chi connectivity index (χ1) is 14.1. The van der Waals surface area contributed by atoms with Crippen LogP contribution in [-0.4, -0.2) is 16.3 Å². The highest BCUT2D eigenvalue weighted by molar-refractivity contribution is 5.95. The summed E-state index contributed by atoms with van der Waals surface area (Å²) in [6.45, 7) is 2.00. The smallest absolute Gasteiger partial charge is 0.230 e. The van der Waals surface area contributed by atoms with Gasteiger partial charge in [0.1, 0.15) is 23.7 Å². The summed E-state index contributed by atoms with van der Waals surface area (Å²) in [7, 11) is 0. The molecular weight excluding hydrogens is 369 g/mol. The van der Waals surface area contributed by atoms with Gasteiger partial charge in [0.25, 0.3) is 0 Å². The van der Waals surface area contributed by atoms with Crippen LogP contribution in [0.4, 0.5) is 10.2 Å². The van der Waals surface area contributed by atoms with Crippen LogP contribution < -0.4 is 10.1 Å². The van der Waals surface area contributed by atoms with Gasteiger partial charge >= 0.3 is 0 Å². The minimum atomic E-state index is -0.383. The van der Waals surface area contributed by atoms with Crippen molar-refractivity contribution in [3.8, 4) is 11.6 Å². The standard InChI is InChI=1S/C23H18FN3O2/c1-15(17-7-5-16(14-28)6-8-17)27-22-21-18(9-11-25-22)10-12-26-23(21)29-20-4-2-3-19(24)13-20/h2-15H,1H3,(H,25,27)/t15-/m0/s1. The molecule has 1 atom stereocenters. The SMILES string of the molecule is C[C@H](Nc1nccc2ccnc(Oc3cccc(F)c3)c12)c1ccc(C=O)cc1. The molecule has 0 aliphatic carbocycles. The van der Waals surface area contributed by atoms with Crippen molar-refractivity contribution < 1.29 is 13.9 Å². The lowest BCUT2D eigenvalue weighted by molar-refractivity contribution is 0.112. The molecule has 0 bridgehead atoms. The highest BCUT2D eigenvalue weighted by Gasteiger charge is 2.14. The summed E-state index contributed by atoms with van der Waals surface area (Å²) in [5, 5.41) is 4.98. The Balaban J connectivity index is 1.69. The van der Waals surface area contributed by atoms with Crippen molar-refractivity contribution >= 4 is 22.9 Å². The number of pyridine rings is 2. The second kappa shape index (κ2) is 8.06. The zero-order chi connectivity index (χ0) is 20.2. The van der Waals surface area contributed by atoms with Gasteiger partial charge in [-0.2, -0.15) is 0 Å². The molecular formula is C23H18FN3O2. The molecule has 4 aromatic rings. The molecule has 1 N–H and O–H groups in total. The van der Waals surface area contributed by atoms with Crippen LogP contribution in [0.15, 0.2) is 73.1 Å². The van der Waals surface area contributed by atoms with Crippen molar-refractivity contribution in [1.29, 1.82) is 0 Å². The van der Waals surface area contributed by atoms with Gasteiger partial charge in [-0.15, -0.1) is 0 Å². The van der Waals surface area contributed by atoms with Gasteiger partial charge in [0.05, 0.1) is 5.39 Å². The van der Waals surface area contributed by atoms with E-state index < -0.39 is 0 Å². The minimum absolute atomic E-state index is 0.0731. The second-order valence-electron chi connectivity index (χ2n) is 6.58. The number of fused-ring (bicyclic) bond motifs is 1. The number of aldehydes is 1. The van der Waals surface area contributed by atoms with Gasteiger partial charge in [-0.25, -0.2) is 14.4 Å². The maximum atomic E-state index is 13.5. The predicted molar refractivity (Wildman–Crippen MR) is 110 cm³/mol. The average molecular weight is 387 g/mol. The second-order valence-corrected chi connectivity index (χ2v) is 6.58. The molecule has 4 rings (SSSR count). The van der Waals surface area contributed by atoms with E-state index in [1.54, 1.807) is 36.7 Å². The summed E-state index contributed by atoms with van der Waals surface area (Å²) in [5.41, 5.74) is 1.63. The quantitative estimate of drug-likeness (QED) is 0.440. The number of halogens is 1. The minimum Gasteiger partial charge on any atom is -0.438 e. The molecule has 6 heteroatoms. The molecule has 2 aromatic carbocycles. The van der Waals surface area contributed by atoms with Gasteiger partial charge in [-0.1, -0.05) is 30.3 Å². The first-order valence-electron chi connectivity index (χ1n) is 9.13. The normalized spacial score (nSPS) is 11.8. The molecule has 0 aliphatic rings. The molecule has 2 heterocycles. The van der Waals surface area contributed by atoms with Crippen LogP contribution in [0.3, 0.4) is 0 Å². The van der Waals surface area contributed by atoms with Crippen molar-refractivity contribution in [2.45, 2.75) is 13.0 Å². The number of rotatable bonds is 6. The summed E-state index contributed by atoms with van der Waals surface area (Å²) < 4.78 is 19.4. The average Bonchev–Trinajstić information content (AvgIpc) is 2.74. The third kappa shape index (κ3) is 4.06. The van der Waals surface area contributed by atoms with Gasteiger partial charge in [0.2, 0.25) is 5.88 Å². The van der Waals surface area contributed by atoms with Gasteiger partial charge in [0, 0.05) is 30.1 Å². The number of carbonyl (C=O) groups excluding carboxylic acids is 1. The molecule has 2 aromatic heterocycles. The summed E-state index contributed by atoms with van der Waals surface area (Å²) in [5.74, 6) is 0.921. The van der Waals surface area contributed by atoms with E-state index in [0.717, 1.165) is 17.2 Å². The molecule has 0 radical (unpaired) electrons. The van der Waals surface area contributed by atoms with E-state index in [-0.39, 0.29) is 11.9 Å². The van der Waals surface area contributed by atoms with Crippen LogP contribution in [0.1, 0.15) is 28.9 Å². The fourth-order valence-electron chi connectivity index (χ4n) is 3.07. The molecule has 0 unspecified atom stereocenters. The Hall–Kier alpha value is -3.80. The number of benzene rings is 2. The predicted octanol–water partition coefficient (Wildman–Crippen LogP) is 5.55. The number of anilines is 1. The Kier molecular flexibility index (Phi) is 5.16. The zero-order valence-electron chi connectivity index (χ0n) is 15.7. The van der Waals surface area contributed by atoms with Gasteiger partial charge < -0.3 is 10.1 Å². The van der Waals surface area contributed by atoms with Gasteiger partial charge in [0.15, 0.2) is 0 Å². The van der Waals surface area contributed by atoms with E-state index in [1.807, 2.05) is 31.2 Å². The lowest BCUT2D eigenvalue weighted by Gasteiger charge is -2.17. The number of aromatic nitrogens is 2. The Labute approximate surface area is 167 Å². The zero-order valence-corrected chi connectivity index (χ0v) is 15.7. The first-order valence-corrected chi connectivity index (χ1v) is 9.13. The maximum absolute atomic E-state index is 13.5. The number of hydrogen-bond acceptors (Lipinski definition) is 5. The van der Waals surface area contributed by atoms with E-state index in [9.17, 15) is 9.18 Å². The van der Waals surface area contributed by atoms with Gasteiger partial charge in [-0.05, 0) is 42.1 Å². The summed E-state index contributed by atoms with van der Waals surface area (Å²) in [6.07, 6.45) is 4.16. The van der Waals surface area contributed by atoms with Crippen molar-refractivity contribution in [2.75, 3.05) is 5.32 Å². The van der Waals surface area contributed by atoms with Crippen LogP contribution >= 0.6 is 0 Å². The van der Waals surface area contributed by atoms with Crippen LogP contribution in [0, 0.1) is 5.82 Å². The fourth-order valence-corrected chi connectivity index (χ4v) is 3.07. The number of nitrogens with zero attached hydrogens (tertiary/aromatic N) is 2. The first kappa shape index (κ1) is 18.6. The lowest BCUT2D eigenvalue weighted by atomic mass is 10.1. The van der Waals surface area contributed by atoms with Gasteiger partial charge in [-0.3, -0.25) is 4.79 Å². The number of ether oxygens (including phenoxy) is 1. The topological polar surface area (TPSA) is 64.1 Å². The number of hydrogen-bond donors (Lipinski definition) is 1. The maximum Gasteiger partial charge on any atom is 0.230 e. The third-order valence-corrected chi connectivity index (χ3v) is 4.58. The van der Waals surface area contributed by atoms with Crippen molar-refractivity contribution in [3.63, 3.8) is 0 Å². The van der Waals surface area contributed by atoms with Crippen LogP contribution in [0.2, 0.25) is 0 Å². The third-order valence-electron chi connectivity index (χ3n) is 4.58. The van der Waals surface area contributed by atoms with Crippen molar-refractivity contribution in [3.05, 3.63) is 90.0 Å². The molecule has 144 valence electrons. The number of carbonyl (C=O) groups is 1. The molecule has 0 amide bonds. The molecule has 5 nitrogen and oxygen atoms in total.